The molecule has 2 atom stereocenters. The van der Waals surface area contributed by atoms with Gasteiger partial charge in [-0.25, -0.2) is 0 Å². The van der Waals surface area contributed by atoms with Crippen LogP contribution in [-0.4, -0.2) is 24.8 Å². The Morgan fingerprint density at radius 1 is 1.31 bits per heavy atom. The van der Waals surface area contributed by atoms with Gasteiger partial charge >= 0.3 is 0 Å². The molecule has 0 aromatic heterocycles. The lowest BCUT2D eigenvalue weighted by atomic mass is 10.0. The van der Waals surface area contributed by atoms with Crippen molar-refractivity contribution in [3.63, 3.8) is 0 Å². The summed E-state index contributed by atoms with van der Waals surface area (Å²) < 4.78 is 5.76. The van der Waals surface area contributed by atoms with Gasteiger partial charge < -0.3 is 10.1 Å². The second-order valence-electron chi connectivity index (χ2n) is 4.78. The van der Waals surface area contributed by atoms with Gasteiger partial charge in [-0.2, -0.15) is 0 Å². The van der Waals surface area contributed by atoms with Gasteiger partial charge in [0.15, 0.2) is 0 Å². The number of ether oxygens (including phenoxy) is 1. The highest BCUT2D eigenvalue weighted by Crippen LogP contribution is 2.17. The molecule has 1 aliphatic rings. The SMILES string of the molecule is CC(C)C[C@H]1C[C@@H](OC(C)C)CN1. The fourth-order valence-electron chi connectivity index (χ4n) is 2.02. The smallest absolute Gasteiger partial charge is 0.0717 e. The first-order valence-corrected chi connectivity index (χ1v) is 5.46. The van der Waals surface area contributed by atoms with E-state index in [0.29, 0.717) is 18.2 Å². The van der Waals surface area contributed by atoms with Crippen molar-refractivity contribution in [1.82, 2.24) is 5.32 Å². The van der Waals surface area contributed by atoms with E-state index < -0.39 is 0 Å². The molecule has 0 aliphatic carbocycles. The summed E-state index contributed by atoms with van der Waals surface area (Å²) in [5, 5.41) is 3.52. The summed E-state index contributed by atoms with van der Waals surface area (Å²) in [6, 6.07) is 0.684. The number of rotatable bonds is 4. The first kappa shape index (κ1) is 11.0. The monoisotopic (exact) mass is 185 g/mol. The van der Waals surface area contributed by atoms with E-state index in [-0.39, 0.29) is 0 Å². The minimum absolute atomic E-state index is 0.365. The summed E-state index contributed by atoms with van der Waals surface area (Å²) in [6.07, 6.45) is 3.28. The molecule has 0 spiro atoms. The lowest BCUT2D eigenvalue weighted by molar-refractivity contribution is 0.0184. The van der Waals surface area contributed by atoms with Gasteiger partial charge in [0.1, 0.15) is 0 Å². The Kier molecular flexibility index (Phi) is 4.20. The highest BCUT2D eigenvalue weighted by atomic mass is 16.5. The van der Waals surface area contributed by atoms with E-state index in [1.807, 2.05) is 0 Å². The molecule has 0 unspecified atom stereocenters. The maximum absolute atomic E-state index is 5.76. The molecule has 1 fully saturated rings. The van der Waals surface area contributed by atoms with Crippen LogP contribution in [0.3, 0.4) is 0 Å². The van der Waals surface area contributed by atoms with Crippen LogP contribution in [0.4, 0.5) is 0 Å². The van der Waals surface area contributed by atoms with E-state index in [0.717, 1.165) is 12.5 Å². The molecule has 1 N–H and O–H groups in total. The maximum atomic E-state index is 5.76. The minimum atomic E-state index is 0.365. The van der Waals surface area contributed by atoms with Crippen LogP contribution in [0.15, 0.2) is 0 Å². The molecule has 2 nitrogen and oxygen atoms in total. The van der Waals surface area contributed by atoms with Crippen LogP contribution in [0.25, 0.3) is 0 Å². The normalized spacial score (nSPS) is 29.1. The van der Waals surface area contributed by atoms with Gasteiger partial charge in [0, 0.05) is 12.6 Å². The summed E-state index contributed by atoms with van der Waals surface area (Å²) in [6.45, 7) is 9.80. The van der Waals surface area contributed by atoms with Crippen LogP contribution in [0, 0.1) is 5.92 Å². The summed E-state index contributed by atoms with van der Waals surface area (Å²) in [7, 11) is 0. The quantitative estimate of drug-likeness (QED) is 0.725. The van der Waals surface area contributed by atoms with Crippen molar-refractivity contribution in [2.75, 3.05) is 6.54 Å². The number of hydrogen-bond acceptors (Lipinski definition) is 2. The molecule has 0 radical (unpaired) electrons. The minimum Gasteiger partial charge on any atom is -0.374 e. The third-order valence-electron chi connectivity index (χ3n) is 2.40. The van der Waals surface area contributed by atoms with E-state index >= 15 is 0 Å². The van der Waals surface area contributed by atoms with Gasteiger partial charge in [-0.05, 0) is 32.6 Å². The molecule has 78 valence electrons. The fraction of sp³-hybridized carbons (Fsp3) is 1.00. The molecule has 2 heteroatoms. The van der Waals surface area contributed by atoms with Crippen molar-refractivity contribution < 1.29 is 4.74 Å². The summed E-state index contributed by atoms with van der Waals surface area (Å²) in [4.78, 5) is 0. The van der Waals surface area contributed by atoms with Crippen molar-refractivity contribution in [3.05, 3.63) is 0 Å². The van der Waals surface area contributed by atoms with Gasteiger partial charge in [-0.3, -0.25) is 0 Å². The summed E-state index contributed by atoms with van der Waals surface area (Å²) >= 11 is 0. The summed E-state index contributed by atoms with van der Waals surface area (Å²) in [5.41, 5.74) is 0. The Morgan fingerprint density at radius 3 is 2.54 bits per heavy atom. The lowest BCUT2D eigenvalue weighted by Gasteiger charge is -2.15. The Balaban J connectivity index is 2.20. The molecule has 1 saturated heterocycles. The fourth-order valence-corrected chi connectivity index (χ4v) is 2.02. The summed E-state index contributed by atoms with van der Waals surface area (Å²) in [5.74, 6) is 0.787. The van der Waals surface area contributed by atoms with Gasteiger partial charge in [0.05, 0.1) is 12.2 Å². The third kappa shape index (κ3) is 4.10. The molecule has 1 heterocycles. The van der Waals surface area contributed by atoms with Crippen molar-refractivity contribution in [3.8, 4) is 0 Å². The molecular weight excluding hydrogens is 162 g/mol. The molecule has 0 bridgehead atoms. The van der Waals surface area contributed by atoms with Crippen LogP contribution >= 0.6 is 0 Å². The molecule has 1 aliphatic heterocycles. The average Bonchev–Trinajstić information content (AvgIpc) is 2.33. The van der Waals surface area contributed by atoms with Crippen LogP contribution in [-0.2, 0) is 4.74 Å². The van der Waals surface area contributed by atoms with Crippen molar-refractivity contribution in [2.45, 2.75) is 58.8 Å². The van der Waals surface area contributed by atoms with E-state index in [1.54, 1.807) is 0 Å². The first-order valence-electron chi connectivity index (χ1n) is 5.46. The largest absolute Gasteiger partial charge is 0.374 e. The molecule has 0 aromatic carbocycles. The first-order chi connectivity index (χ1) is 6.08. The third-order valence-corrected chi connectivity index (χ3v) is 2.40. The van der Waals surface area contributed by atoms with Crippen molar-refractivity contribution in [2.24, 2.45) is 5.92 Å². The highest BCUT2D eigenvalue weighted by Gasteiger charge is 2.25. The van der Waals surface area contributed by atoms with Crippen LogP contribution in [0.5, 0.6) is 0 Å². The topological polar surface area (TPSA) is 21.3 Å². The predicted octanol–water partition coefficient (Wildman–Crippen LogP) is 2.19. The van der Waals surface area contributed by atoms with Crippen LogP contribution in [0.2, 0.25) is 0 Å². The predicted molar refractivity (Wildman–Crippen MR) is 55.9 cm³/mol. The van der Waals surface area contributed by atoms with Crippen LogP contribution < -0.4 is 5.32 Å². The van der Waals surface area contributed by atoms with Crippen molar-refractivity contribution in [1.29, 1.82) is 0 Å². The Labute approximate surface area is 82.0 Å². The van der Waals surface area contributed by atoms with E-state index in [9.17, 15) is 0 Å². The highest BCUT2D eigenvalue weighted by molar-refractivity contribution is 4.83. The standard InChI is InChI=1S/C11H23NO/c1-8(2)5-10-6-11(7-12-10)13-9(3)4/h8-12H,5-7H2,1-4H3/t10-,11+/m0/s1. The van der Waals surface area contributed by atoms with E-state index in [1.165, 1.54) is 12.8 Å². The van der Waals surface area contributed by atoms with Crippen molar-refractivity contribution >= 4 is 0 Å². The van der Waals surface area contributed by atoms with E-state index in [4.69, 9.17) is 4.74 Å². The second kappa shape index (κ2) is 4.97. The molecular formula is C11H23NO. The molecule has 0 amide bonds. The molecule has 1 rings (SSSR count). The maximum Gasteiger partial charge on any atom is 0.0717 e. The second-order valence-corrected chi connectivity index (χ2v) is 4.78. The number of nitrogens with one attached hydrogen (secondary N) is 1. The van der Waals surface area contributed by atoms with Gasteiger partial charge in [0.25, 0.3) is 0 Å². The van der Waals surface area contributed by atoms with Gasteiger partial charge in [-0.15, -0.1) is 0 Å². The zero-order chi connectivity index (χ0) is 9.84. The molecule has 0 saturated carbocycles. The van der Waals surface area contributed by atoms with E-state index in [2.05, 4.69) is 33.0 Å². The van der Waals surface area contributed by atoms with Gasteiger partial charge in [0.2, 0.25) is 0 Å². The van der Waals surface area contributed by atoms with Crippen LogP contribution in [0.1, 0.15) is 40.5 Å². The zero-order valence-electron chi connectivity index (χ0n) is 9.34. The number of hydrogen-bond donors (Lipinski definition) is 1. The Morgan fingerprint density at radius 2 is 2.00 bits per heavy atom. The van der Waals surface area contributed by atoms with Gasteiger partial charge in [-0.1, -0.05) is 13.8 Å². The average molecular weight is 185 g/mol. The zero-order valence-corrected chi connectivity index (χ0v) is 9.34. The lowest BCUT2D eigenvalue weighted by Crippen LogP contribution is -2.23. The molecule has 13 heavy (non-hydrogen) atoms. The Bertz CT molecular complexity index is 129. The molecule has 0 aromatic rings. The Hall–Kier alpha value is -0.0800.